The average molecular weight is 396 g/mol. The summed E-state index contributed by atoms with van der Waals surface area (Å²) in [5.74, 6) is 0.0688. The van der Waals surface area contributed by atoms with Gasteiger partial charge in [-0.15, -0.1) is 0 Å². The van der Waals surface area contributed by atoms with E-state index in [-0.39, 0.29) is 19.0 Å². The molecule has 3 rings (SSSR count). The van der Waals surface area contributed by atoms with E-state index in [1.54, 1.807) is 32.0 Å². The maximum atomic E-state index is 13.7. The summed E-state index contributed by atoms with van der Waals surface area (Å²) in [6, 6.07) is 24.8. The van der Waals surface area contributed by atoms with Gasteiger partial charge in [0.05, 0.1) is 13.2 Å². The first-order valence-corrected chi connectivity index (χ1v) is 11.0. The summed E-state index contributed by atoms with van der Waals surface area (Å²) < 4.78 is 24.9. The molecule has 3 aromatic carbocycles. The lowest BCUT2D eigenvalue weighted by Crippen LogP contribution is -2.09. The summed E-state index contributed by atoms with van der Waals surface area (Å²) in [4.78, 5) is 0. The van der Waals surface area contributed by atoms with Gasteiger partial charge >= 0.3 is 7.60 Å². The number of hydrogen-bond donors (Lipinski definition) is 1. The molecule has 0 saturated carbocycles. The van der Waals surface area contributed by atoms with Gasteiger partial charge in [0, 0.05) is 5.56 Å². The fraction of sp³-hybridized carbons (Fsp3) is 0.217. The number of para-hydroxylation sites is 1. The zero-order valence-electron chi connectivity index (χ0n) is 16.1. The Kier molecular flexibility index (Phi) is 6.69. The molecule has 0 spiro atoms. The van der Waals surface area contributed by atoms with E-state index in [9.17, 15) is 9.67 Å². The minimum atomic E-state index is -3.55. The molecule has 4 nitrogen and oxygen atoms in total. The van der Waals surface area contributed by atoms with E-state index in [1.165, 1.54) is 0 Å². The average Bonchev–Trinajstić information content (AvgIpc) is 2.71. The first-order chi connectivity index (χ1) is 13.6. The Hall–Kier alpha value is -2.39. The van der Waals surface area contributed by atoms with Crippen LogP contribution >= 0.6 is 7.60 Å². The van der Waals surface area contributed by atoms with Crippen LogP contribution in [0.5, 0.6) is 5.75 Å². The molecule has 0 amide bonds. The van der Waals surface area contributed by atoms with Crippen molar-refractivity contribution in [1.82, 2.24) is 0 Å². The maximum Gasteiger partial charge on any atom is 0.342 e. The van der Waals surface area contributed by atoms with Gasteiger partial charge in [0.25, 0.3) is 0 Å². The minimum absolute atomic E-state index is 0.0688. The minimum Gasteiger partial charge on any atom is -0.508 e. The van der Waals surface area contributed by atoms with E-state index >= 15 is 0 Å². The number of phenols is 1. The van der Waals surface area contributed by atoms with E-state index in [0.717, 1.165) is 16.7 Å². The number of rotatable bonds is 8. The molecule has 1 unspecified atom stereocenters. The Bertz CT molecular complexity index is 928. The first kappa shape index (κ1) is 20.3. The van der Waals surface area contributed by atoms with E-state index in [0.29, 0.717) is 5.56 Å². The van der Waals surface area contributed by atoms with Crippen molar-refractivity contribution in [3.63, 3.8) is 0 Å². The van der Waals surface area contributed by atoms with Crippen LogP contribution in [-0.4, -0.2) is 18.3 Å². The highest BCUT2D eigenvalue weighted by molar-refractivity contribution is 7.54. The van der Waals surface area contributed by atoms with Crippen LogP contribution in [0.25, 0.3) is 11.1 Å². The SMILES string of the molecule is CCOP(=O)(OCC)C(c1ccc(-c2ccccc2)cc1)c1ccccc1O. The van der Waals surface area contributed by atoms with Gasteiger partial charge in [0.2, 0.25) is 0 Å². The third-order valence-electron chi connectivity index (χ3n) is 4.50. The van der Waals surface area contributed by atoms with Gasteiger partial charge in [-0.05, 0) is 36.6 Å². The number of benzene rings is 3. The largest absolute Gasteiger partial charge is 0.508 e. The van der Waals surface area contributed by atoms with Gasteiger partial charge in [0.15, 0.2) is 0 Å². The lowest BCUT2D eigenvalue weighted by Gasteiger charge is -2.27. The zero-order chi connectivity index (χ0) is 20.0. The Balaban J connectivity index is 2.09. The Labute approximate surface area is 166 Å². The van der Waals surface area contributed by atoms with Crippen LogP contribution in [0.2, 0.25) is 0 Å². The third kappa shape index (κ3) is 4.36. The molecule has 1 N–H and O–H groups in total. The van der Waals surface area contributed by atoms with Gasteiger partial charge in [-0.25, -0.2) is 0 Å². The van der Waals surface area contributed by atoms with E-state index in [1.807, 2.05) is 60.7 Å². The monoisotopic (exact) mass is 396 g/mol. The fourth-order valence-corrected chi connectivity index (χ4v) is 5.47. The van der Waals surface area contributed by atoms with Crippen LogP contribution in [-0.2, 0) is 13.6 Å². The van der Waals surface area contributed by atoms with Crippen molar-refractivity contribution >= 4 is 7.60 Å². The first-order valence-electron chi connectivity index (χ1n) is 9.41. The van der Waals surface area contributed by atoms with Gasteiger partial charge in [0.1, 0.15) is 11.4 Å². The highest BCUT2D eigenvalue weighted by Crippen LogP contribution is 2.64. The summed E-state index contributed by atoms with van der Waals surface area (Å²) >= 11 is 0. The van der Waals surface area contributed by atoms with Gasteiger partial charge in [-0.1, -0.05) is 72.8 Å². The highest BCUT2D eigenvalue weighted by Gasteiger charge is 2.39. The molecule has 146 valence electrons. The standard InChI is InChI=1S/C23H25O4P/c1-3-26-28(25,27-4-2)23(21-12-8-9-13-22(21)24)20-16-14-19(15-17-20)18-10-6-5-7-11-18/h5-17,23-24H,3-4H2,1-2H3. The molecule has 0 fully saturated rings. The molecule has 0 saturated heterocycles. The van der Waals surface area contributed by atoms with E-state index < -0.39 is 13.3 Å². The fourth-order valence-electron chi connectivity index (χ4n) is 3.29. The smallest absolute Gasteiger partial charge is 0.342 e. The molecule has 0 aliphatic carbocycles. The van der Waals surface area contributed by atoms with Crippen molar-refractivity contribution in [2.75, 3.05) is 13.2 Å². The summed E-state index contributed by atoms with van der Waals surface area (Å²) in [6.45, 7) is 4.07. The van der Waals surface area contributed by atoms with E-state index in [2.05, 4.69) is 0 Å². The van der Waals surface area contributed by atoms with Crippen LogP contribution < -0.4 is 0 Å². The second-order valence-corrected chi connectivity index (χ2v) is 8.44. The zero-order valence-corrected chi connectivity index (χ0v) is 17.0. The van der Waals surface area contributed by atoms with E-state index in [4.69, 9.17) is 9.05 Å². The van der Waals surface area contributed by atoms with Crippen molar-refractivity contribution in [2.45, 2.75) is 19.5 Å². The predicted molar refractivity (Wildman–Crippen MR) is 113 cm³/mol. The van der Waals surface area contributed by atoms with Crippen molar-refractivity contribution in [3.05, 3.63) is 90.0 Å². The molecule has 0 radical (unpaired) electrons. The van der Waals surface area contributed by atoms with Crippen molar-refractivity contribution in [1.29, 1.82) is 0 Å². The van der Waals surface area contributed by atoms with Crippen molar-refractivity contribution in [3.8, 4) is 16.9 Å². The normalized spacial score (nSPS) is 12.6. The summed E-state index contributed by atoms with van der Waals surface area (Å²) in [7, 11) is -3.55. The lowest BCUT2D eigenvalue weighted by atomic mass is 9.99. The number of hydrogen-bond acceptors (Lipinski definition) is 4. The molecule has 0 aliphatic heterocycles. The summed E-state index contributed by atoms with van der Waals surface area (Å²) in [5.41, 5.74) is 2.75. The second-order valence-electron chi connectivity index (χ2n) is 6.32. The quantitative estimate of drug-likeness (QED) is 0.447. The Morgan fingerprint density at radius 3 is 1.89 bits per heavy atom. The Morgan fingerprint density at radius 2 is 1.32 bits per heavy atom. The lowest BCUT2D eigenvalue weighted by molar-refractivity contribution is 0.214. The molecule has 0 aromatic heterocycles. The van der Waals surface area contributed by atoms with Crippen molar-refractivity contribution < 1.29 is 18.7 Å². The van der Waals surface area contributed by atoms with Crippen LogP contribution in [0.15, 0.2) is 78.9 Å². The number of phenolic OH excluding ortho intramolecular Hbond substituents is 1. The molecule has 3 aromatic rings. The van der Waals surface area contributed by atoms with Gasteiger partial charge in [-0.2, -0.15) is 0 Å². The Morgan fingerprint density at radius 1 is 0.786 bits per heavy atom. The van der Waals surface area contributed by atoms with Crippen LogP contribution in [0, 0.1) is 0 Å². The highest BCUT2D eigenvalue weighted by atomic mass is 31.2. The molecule has 0 bridgehead atoms. The topological polar surface area (TPSA) is 55.8 Å². The molecule has 1 atom stereocenters. The van der Waals surface area contributed by atoms with Crippen LogP contribution in [0.1, 0.15) is 30.6 Å². The molecule has 28 heavy (non-hydrogen) atoms. The van der Waals surface area contributed by atoms with Gasteiger partial charge in [-0.3, -0.25) is 4.57 Å². The number of aromatic hydroxyl groups is 1. The molecular weight excluding hydrogens is 371 g/mol. The summed E-state index contributed by atoms with van der Waals surface area (Å²) in [6.07, 6.45) is 0. The molecule has 5 heteroatoms. The molecule has 0 aliphatic rings. The van der Waals surface area contributed by atoms with Crippen molar-refractivity contribution in [2.24, 2.45) is 0 Å². The third-order valence-corrected chi connectivity index (χ3v) is 6.94. The van der Waals surface area contributed by atoms with Crippen LogP contribution in [0.3, 0.4) is 0 Å². The van der Waals surface area contributed by atoms with Gasteiger partial charge < -0.3 is 14.2 Å². The predicted octanol–water partition coefficient (Wildman–Crippen LogP) is 6.41. The van der Waals surface area contributed by atoms with Crippen LogP contribution in [0.4, 0.5) is 0 Å². The molecule has 0 heterocycles. The summed E-state index contributed by atoms with van der Waals surface area (Å²) in [5, 5.41) is 10.4. The maximum absolute atomic E-state index is 13.7. The molecular formula is C23H25O4P. The second kappa shape index (κ2) is 9.20.